The fourth-order valence-electron chi connectivity index (χ4n) is 4.62. The Morgan fingerprint density at radius 2 is 1.00 bits per heavy atom. The van der Waals surface area contributed by atoms with E-state index in [-0.39, 0.29) is 12.6 Å². The lowest BCUT2D eigenvalue weighted by Gasteiger charge is -2.21. The molecule has 0 bridgehead atoms. The highest BCUT2D eigenvalue weighted by atomic mass is 16.5. The summed E-state index contributed by atoms with van der Waals surface area (Å²) in [4.78, 5) is 14.2. The molecule has 0 unspecified atom stereocenters. The predicted octanol–water partition coefficient (Wildman–Crippen LogP) is 8.80. The minimum Gasteiger partial charge on any atom is -0.466 e. The van der Waals surface area contributed by atoms with Gasteiger partial charge in [0.25, 0.3) is 0 Å². The molecule has 0 saturated heterocycles. The van der Waals surface area contributed by atoms with Crippen molar-refractivity contribution in [1.82, 2.24) is 4.90 Å². The predicted molar refractivity (Wildman–Crippen MR) is 167 cm³/mol. The van der Waals surface area contributed by atoms with E-state index in [2.05, 4.69) is 25.7 Å². The van der Waals surface area contributed by atoms with Gasteiger partial charge in [-0.1, -0.05) is 130 Å². The van der Waals surface area contributed by atoms with Crippen molar-refractivity contribution < 1.29 is 14.6 Å². The highest BCUT2D eigenvalue weighted by Gasteiger charge is 2.06. The molecule has 0 spiro atoms. The molecular formula is C33H70N2O3. The zero-order chi connectivity index (χ0) is 28.4. The molecule has 0 saturated carbocycles. The third kappa shape index (κ3) is 35.4. The van der Waals surface area contributed by atoms with E-state index in [0.717, 1.165) is 58.3 Å². The molecule has 0 atom stereocenters. The van der Waals surface area contributed by atoms with Crippen LogP contribution in [0.3, 0.4) is 0 Å². The number of unbranched alkanes of at least 4 members (excludes halogenated alkanes) is 18. The average Bonchev–Trinajstić information content (AvgIpc) is 2.92. The first kappa shape index (κ1) is 39.5. The number of nitrogens with zero attached hydrogens (tertiary/aromatic N) is 1. The number of hydrogen-bond donors (Lipinski definition) is 2. The number of nitrogens with two attached hydrogens (primary N) is 1. The third-order valence-electron chi connectivity index (χ3n) is 7.17. The van der Waals surface area contributed by atoms with Gasteiger partial charge in [-0.05, 0) is 51.7 Å². The molecule has 0 rings (SSSR count). The number of aliphatic hydroxyl groups is 1. The Balaban J connectivity index is 0. The van der Waals surface area contributed by atoms with Gasteiger partial charge in [0, 0.05) is 13.0 Å². The maximum atomic E-state index is 11.8. The van der Waals surface area contributed by atoms with Crippen LogP contribution in [0.15, 0.2) is 0 Å². The molecular weight excluding hydrogens is 472 g/mol. The van der Waals surface area contributed by atoms with E-state index >= 15 is 0 Å². The molecule has 5 nitrogen and oxygen atoms in total. The van der Waals surface area contributed by atoms with Gasteiger partial charge in [-0.2, -0.15) is 0 Å². The normalized spacial score (nSPS) is 11.0. The summed E-state index contributed by atoms with van der Waals surface area (Å²) in [5, 5.41) is 9.23. The molecule has 0 aromatic rings. The van der Waals surface area contributed by atoms with Crippen LogP contribution in [-0.4, -0.2) is 55.4 Å². The number of carbonyl (C=O) groups is 1. The van der Waals surface area contributed by atoms with Crippen molar-refractivity contribution in [2.24, 2.45) is 5.73 Å². The van der Waals surface area contributed by atoms with E-state index < -0.39 is 0 Å². The van der Waals surface area contributed by atoms with Crippen LogP contribution >= 0.6 is 0 Å². The molecule has 38 heavy (non-hydrogen) atoms. The molecule has 0 aromatic carbocycles. The standard InChI is InChI=1S/C25H52N2O3.C8H18/c1-2-3-4-5-6-7-8-11-17-24-30-25(29)18-13-12-16-21-27(22-23-28)20-15-10-9-14-19-26;1-3-5-7-8-6-4-2/h28H,2-24,26H2,1H3;3-8H2,1-2H3. The Morgan fingerprint density at radius 3 is 1.47 bits per heavy atom. The maximum absolute atomic E-state index is 11.8. The Kier molecular flexibility index (Phi) is 37.8. The van der Waals surface area contributed by atoms with E-state index in [1.54, 1.807) is 0 Å². The molecule has 0 aromatic heterocycles. The van der Waals surface area contributed by atoms with Crippen LogP contribution in [0.25, 0.3) is 0 Å². The van der Waals surface area contributed by atoms with Crippen molar-refractivity contribution in [2.45, 2.75) is 168 Å². The molecule has 230 valence electrons. The minimum absolute atomic E-state index is 0.0401. The summed E-state index contributed by atoms with van der Waals surface area (Å²) in [5.74, 6) is -0.0401. The number of hydrogen-bond acceptors (Lipinski definition) is 5. The van der Waals surface area contributed by atoms with E-state index in [4.69, 9.17) is 10.5 Å². The molecule has 0 aliphatic heterocycles. The Labute approximate surface area is 239 Å². The summed E-state index contributed by atoms with van der Waals surface area (Å²) < 4.78 is 5.36. The first-order valence-electron chi connectivity index (χ1n) is 16.8. The second-order valence-electron chi connectivity index (χ2n) is 11.0. The van der Waals surface area contributed by atoms with Gasteiger partial charge in [-0.3, -0.25) is 4.79 Å². The van der Waals surface area contributed by atoms with Gasteiger partial charge in [0.1, 0.15) is 0 Å². The number of carbonyl (C=O) groups excluding carboxylic acids is 1. The van der Waals surface area contributed by atoms with Crippen LogP contribution in [0.4, 0.5) is 0 Å². The lowest BCUT2D eigenvalue weighted by atomic mass is 10.1. The third-order valence-corrected chi connectivity index (χ3v) is 7.17. The van der Waals surface area contributed by atoms with Gasteiger partial charge in [-0.15, -0.1) is 0 Å². The fourth-order valence-corrected chi connectivity index (χ4v) is 4.62. The average molecular weight is 543 g/mol. The number of rotatable bonds is 29. The molecule has 0 fully saturated rings. The Bertz CT molecular complexity index is 428. The summed E-state index contributed by atoms with van der Waals surface area (Å²) in [6.07, 6.45) is 28.3. The smallest absolute Gasteiger partial charge is 0.305 e. The summed E-state index contributed by atoms with van der Waals surface area (Å²) in [7, 11) is 0. The van der Waals surface area contributed by atoms with E-state index in [9.17, 15) is 9.90 Å². The van der Waals surface area contributed by atoms with Crippen molar-refractivity contribution in [2.75, 3.05) is 39.4 Å². The lowest BCUT2D eigenvalue weighted by Crippen LogP contribution is -2.29. The topological polar surface area (TPSA) is 75.8 Å². The van der Waals surface area contributed by atoms with Gasteiger partial charge < -0.3 is 20.5 Å². The molecule has 5 heteroatoms. The second-order valence-corrected chi connectivity index (χ2v) is 11.0. The zero-order valence-electron chi connectivity index (χ0n) is 26.3. The fraction of sp³-hybridized carbons (Fsp3) is 0.970. The summed E-state index contributed by atoms with van der Waals surface area (Å²) >= 11 is 0. The highest BCUT2D eigenvalue weighted by Crippen LogP contribution is 2.10. The SMILES string of the molecule is CCCCCCCC.CCCCCCCCCCCOC(=O)CCCCCN(CCO)CCCCCCN. The van der Waals surface area contributed by atoms with Gasteiger partial charge in [0.05, 0.1) is 13.2 Å². The van der Waals surface area contributed by atoms with Crippen LogP contribution in [0.2, 0.25) is 0 Å². The van der Waals surface area contributed by atoms with Crippen molar-refractivity contribution >= 4 is 5.97 Å². The molecule has 0 radical (unpaired) electrons. The second kappa shape index (κ2) is 36.4. The van der Waals surface area contributed by atoms with Crippen molar-refractivity contribution in [3.8, 4) is 0 Å². The molecule has 0 aliphatic rings. The van der Waals surface area contributed by atoms with Crippen LogP contribution in [0, 0.1) is 0 Å². The van der Waals surface area contributed by atoms with Crippen molar-refractivity contribution in [3.63, 3.8) is 0 Å². The van der Waals surface area contributed by atoms with Crippen LogP contribution in [0.1, 0.15) is 168 Å². The Morgan fingerprint density at radius 1 is 0.579 bits per heavy atom. The van der Waals surface area contributed by atoms with E-state index in [0.29, 0.717) is 13.0 Å². The van der Waals surface area contributed by atoms with Crippen LogP contribution < -0.4 is 5.73 Å². The minimum atomic E-state index is -0.0401. The Hall–Kier alpha value is -0.650. The molecule has 0 heterocycles. The maximum Gasteiger partial charge on any atom is 0.305 e. The van der Waals surface area contributed by atoms with Gasteiger partial charge in [0.15, 0.2) is 0 Å². The molecule has 3 N–H and O–H groups in total. The largest absolute Gasteiger partial charge is 0.466 e. The molecule has 0 aliphatic carbocycles. The van der Waals surface area contributed by atoms with Crippen molar-refractivity contribution in [3.05, 3.63) is 0 Å². The quantitative estimate of drug-likeness (QED) is 0.0729. The summed E-state index contributed by atoms with van der Waals surface area (Å²) in [6, 6.07) is 0. The van der Waals surface area contributed by atoms with Crippen LogP contribution in [-0.2, 0) is 9.53 Å². The van der Waals surface area contributed by atoms with Crippen molar-refractivity contribution in [1.29, 1.82) is 0 Å². The van der Waals surface area contributed by atoms with E-state index in [1.807, 2.05) is 0 Å². The number of aliphatic hydroxyl groups excluding tert-OH is 1. The van der Waals surface area contributed by atoms with Crippen LogP contribution in [0.5, 0.6) is 0 Å². The number of ether oxygens (including phenoxy) is 1. The van der Waals surface area contributed by atoms with Gasteiger partial charge >= 0.3 is 5.97 Å². The highest BCUT2D eigenvalue weighted by molar-refractivity contribution is 5.69. The first-order chi connectivity index (χ1) is 18.7. The monoisotopic (exact) mass is 543 g/mol. The molecule has 0 amide bonds. The van der Waals surface area contributed by atoms with Gasteiger partial charge in [0.2, 0.25) is 0 Å². The summed E-state index contributed by atoms with van der Waals surface area (Å²) in [5.41, 5.74) is 5.53. The van der Waals surface area contributed by atoms with E-state index in [1.165, 1.54) is 109 Å². The lowest BCUT2D eigenvalue weighted by molar-refractivity contribution is -0.143. The first-order valence-corrected chi connectivity index (χ1v) is 16.8. The summed E-state index contributed by atoms with van der Waals surface area (Å²) in [6.45, 7) is 11.1. The van der Waals surface area contributed by atoms with Gasteiger partial charge in [-0.25, -0.2) is 0 Å². The zero-order valence-corrected chi connectivity index (χ0v) is 26.3. The number of esters is 1.